The summed E-state index contributed by atoms with van der Waals surface area (Å²) in [5.41, 5.74) is -0.159. The Morgan fingerprint density at radius 1 is 1.46 bits per heavy atom. The SMILES string of the molecule is CCNCC(C)(O)c1cncnc1. The van der Waals surface area contributed by atoms with Crippen LogP contribution >= 0.6 is 0 Å². The smallest absolute Gasteiger partial charge is 0.115 e. The average Bonchev–Trinajstić information content (AvgIpc) is 2.16. The monoisotopic (exact) mass is 181 g/mol. The van der Waals surface area contributed by atoms with Crippen LogP contribution in [0.2, 0.25) is 0 Å². The Bertz CT molecular complexity index is 248. The molecule has 1 unspecified atom stereocenters. The number of nitrogens with zero attached hydrogens (tertiary/aromatic N) is 2. The summed E-state index contributed by atoms with van der Waals surface area (Å²) in [5.74, 6) is 0. The average molecular weight is 181 g/mol. The van der Waals surface area contributed by atoms with E-state index in [4.69, 9.17) is 0 Å². The van der Waals surface area contributed by atoms with Gasteiger partial charge >= 0.3 is 0 Å². The largest absolute Gasteiger partial charge is 0.384 e. The second-order valence-electron chi connectivity index (χ2n) is 3.18. The van der Waals surface area contributed by atoms with Crippen molar-refractivity contribution < 1.29 is 5.11 Å². The molecule has 0 aliphatic rings. The van der Waals surface area contributed by atoms with Gasteiger partial charge in [0.1, 0.15) is 11.9 Å². The van der Waals surface area contributed by atoms with Crippen molar-refractivity contribution in [2.24, 2.45) is 0 Å². The van der Waals surface area contributed by atoms with Crippen LogP contribution in [0.25, 0.3) is 0 Å². The van der Waals surface area contributed by atoms with Gasteiger partial charge < -0.3 is 10.4 Å². The molecule has 4 nitrogen and oxygen atoms in total. The highest BCUT2D eigenvalue weighted by atomic mass is 16.3. The van der Waals surface area contributed by atoms with E-state index >= 15 is 0 Å². The minimum atomic E-state index is -0.892. The van der Waals surface area contributed by atoms with Gasteiger partial charge in [-0.1, -0.05) is 6.92 Å². The standard InChI is InChI=1S/C9H15N3O/c1-3-10-6-9(2,13)8-4-11-7-12-5-8/h4-5,7,10,13H,3,6H2,1-2H3. The van der Waals surface area contributed by atoms with Crippen LogP contribution in [0.4, 0.5) is 0 Å². The first-order chi connectivity index (χ1) is 6.17. The van der Waals surface area contributed by atoms with Gasteiger partial charge in [-0.2, -0.15) is 0 Å². The van der Waals surface area contributed by atoms with E-state index in [2.05, 4.69) is 15.3 Å². The normalized spacial score (nSPS) is 15.3. The zero-order valence-corrected chi connectivity index (χ0v) is 7.99. The first kappa shape index (κ1) is 10.1. The molecule has 0 bridgehead atoms. The van der Waals surface area contributed by atoms with Gasteiger partial charge in [-0.05, 0) is 13.5 Å². The van der Waals surface area contributed by atoms with Gasteiger partial charge in [0.2, 0.25) is 0 Å². The second kappa shape index (κ2) is 4.30. The third kappa shape index (κ3) is 2.75. The fraction of sp³-hybridized carbons (Fsp3) is 0.556. The van der Waals surface area contributed by atoms with Crippen LogP contribution in [-0.2, 0) is 5.60 Å². The van der Waals surface area contributed by atoms with Crippen LogP contribution in [0, 0.1) is 0 Å². The summed E-state index contributed by atoms with van der Waals surface area (Å²) in [7, 11) is 0. The molecular weight excluding hydrogens is 166 g/mol. The zero-order valence-electron chi connectivity index (χ0n) is 7.99. The van der Waals surface area contributed by atoms with Crippen LogP contribution in [0.3, 0.4) is 0 Å². The highest BCUT2D eigenvalue weighted by molar-refractivity contribution is 5.13. The number of likely N-dealkylation sites (N-methyl/N-ethyl adjacent to an activating group) is 1. The van der Waals surface area contributed by atoms with Crippen LogP contribution in [0.15, 0.2) is 18.7 Å². The maximum atomic E-state index is 9.97. The Kier molecular flexibility index (Phi) is 3.33. The molecule has 1 heterocycles. The lowest BCUT2D eigenvalue weighted by Gasteiger charge is -2.22. The minimum absolute atomic E-state index is 0.511. The van der Waals surface area contributed by atoms with Crippen LogP contribution in [-0.4, -0.2) is 28.2 Å². The molecule has 0 aliphatic carbocycles. The summed E-state index contributed by atoms with van der Waals surface area (Å²) in [4.78, 5) is 7.72. The molecule has 72 valence electrons. The molecule has 1 atom stereocenters. The molecule has 13 heavy (non-hydrogen) atoms. The third-order valence-corrected chi connectivity index (χ3v) is 1.90. The minimum Gasteiger partial charge on any atom is -0.384 e. The molecule has 0 saturated carbocycles. The molecular formula is C9H15N3O. The van der Waals surface area contributed by atoms with Gasteiger partial charge in [0.05, 0.1) is 0 Å². The number of aliphatic hydroxyl groups is 1. The van der Waals surface area contributed by atoms with Gasteiger partial charge in [-0.3, -0.25) is 0 Å². The van der Waals surface area contributed by atoms with Crippen molar-refractivity contribution >= 4 is 0 Å². The molecule has 1 aromatic heterocycles. The maximum Gasteiger partial charge on any atom is 0.115 e. The lowest BCUT2D eigenvalue weighted by molar-refractivity contribution is 0.0569. The van der Waals surface area contributed by atoms with Crippen molar-refractivity contribution in [2.45, 2.75) is 19.4 Å². The predicted molar refractivity (Wildman–Crippen MR) is 50.1 cm³/mol. The first-order valence-corrected chi connectivity index (χ1v) is 4.35. The molecule has 0 spiro atoms. The Morgan fingerprint density at radius 3 is 2.62 bits per heavy atom. The number of hydrogen-bond donors (Lipinski definition) is 2. The predicted octanol–water partition coefficient (Wildman–Crippen LogP) is 0.294. The molecule has 0 fully saturated rings. The van der Waals surface area contributed by atoms with Crippen molar-refractivity contribution in [3.63, 3.8) is 0 Å². The van der Waals surface area contributed by atoms with E-state index in [-0.39, 0.29) is 0 Å². The van der Waals surface area contributed by atoms with Gasteiger partial charge in [0.25, 0.3) is 0 Å². The second-order valence-corrected chi connectivity index (χ2v) is 3.18. The number of aromatic nitrogens is 2. The van der Waals surface area contributed by atoms with E-state index in [1.165, 1.54) is 6.33 Å². The fourth-order valence-electron chi connectivity index (χ4n) is 1.05. The van der Waals surface area contributed by atoms with E-state index in [0.29, 0.717) is 6.54 Å². The van der Waals surface area contributed by atoms with E-state index in [1.807, 2.05) is 6.92 Å². The highest BCUT2D eigenvalue weighted by Gasteiger charge is 2.22. The van der Waals surface area contributed by atoms with E-state index in [9.17, 15) is 5.11 Å². The van der Waals surface area contributed by atoms with Crippen LogP contribution in [0.1, 0.15) is 19.4 Å². The summed E-state index contributed by atoms with van der Waals surface area (Å²) in [6.45, 7) is 5.09. The van der Waals surface area contributed by atoms with E-state index in [1.54, 1.807) is 19.3 Å². The van der Waals surface area contributed by atoms with Crippen molar-refractivity contribution in [1.82, 2.24) is 15.3 Å². The topological polar surface area (TPSA) is 58.0 Å². The summed E-state index contributed by atoms with van der Waals surface area (Å²) >= 11 is 0. The Balaban J connectivity index is 2.69. The molecule has 4 heteroatoms. The van der Waals surface area contributed by atoms with Crippen LogP contribution in [0.5, 0.6) is 0 Å². The summed E-state index contributed by atoms with van der Waals surface area (Å²) < 4.78 is 0. The summed E-state index contributed by atoms with van der Waals surface area (Å²) in [6.07, 6.45) is 4.71. The molecule has 1 rings (SSSR count). The highest BCUT2D eigenvalue weighted by Crippen LogP contribution is 2.16. The van der Waals surface area contributed by atoms with Crippen molar-refractivity contribution in [1.29, 1.82) is 0 Å². The Morgan fingerprint density at radius 2 is 2.08 bits per heavy atom. The fourth-order valence-corrected chi connectivity index (χ4v) is 1.05. The summed E-state index contributed by atoms with van der Waals surface area (Å²) in [5, 5.41) is 13.1. The van der Waals surface area contributed by atoms with E-state index < -0.39 is 5.60 Å². The van der Waals surface area contributed by atoms with Gasteiger partial charge in [-0.15, -0.1) is 0 Å². The molecule has 2 N–H and O–H groups in total. The number of hydrogen-bond acceptors (Lipinski definition) is 4. The number of nitrogens with one attached hydrogen (secondary N) is 1. The quantitative estimate of drug-likeness (QED) is 0.701. The molecule has 0 aliphatic heterocycles. The molecule has 1 aromatic rings. The van der Waals surface area contributed by atoms with Crippen molar-refractivity contribution in [3.8, 4) is 0 Å². The Labute approximate surface area is 78.0 Å². The summed E-state index contributed by atoms with van der Waals surface area (Å²) in [6, 6.07) is 0. The number of rotatable bonds is 4. The molecule has 0 radical (unpaired) electrons. The lowest BCUT2D eigenvalue weighted by atomic mass is 9.99. The van der Waals surface area contributed by atoms with Crippen LogP contribution < -0.4 is 5.32 Å². The molecule has 0 amide bonds. The van der Waals surface area contributed by atoms with Gasteiger partial charge in [0.15, 0.2) is 0 Å². The third-order valence-electron chi connectivity index (χ3n) is 1.90. The lowest BCUT2D eigenvalue weighted by Crippen LogP contribution is -2.35. The zero-order chi connectivity index (χ0) is 9.73. The maximum absolute atomic E-state index is 9.97. The van der Waals surface area contributed by atoms with Gasteiger partial charge in [0, 0.05) is 24.5 Å². The van der Waals surface area contributed by atoms with E-state index in [0.717, 1.165) is 12.1 Å². The Hall–Kier alpha value is -1.00. The van der Waals surface area contributed by atoms with Gasteiger partial charge in [-0.25, -0.2) is 9.97 Å². The first-order valence-electron chi connectivity index (χ1n) is 4.35. The van der Waals surface area contributed by atoms with Crippen molar-refractivity contribution in [3.05, 3.63) is 24.3 Å². The molecule has 0 aromatic carbocycles. The molecule has 0 saturated heterocycles. The van der Waals surface area contributed by atoms with Crippen molar-refractivity contribution in [2.75, 3.05) is 13.1 Å².